The number of aryl methyl sites for hydroxylation is 1. The van der Waals surface area contributed by atoms with E-state index in [0.29, 0.717) is 25.1 Å². The Hall–Kier alpha value is -2.14. The number of nitrogens with zero attached hydrogens (tertiary/aromatic N) is 1. The van der Waals surface area contributed by atoms with E-state index in [9.17, 15) is 9.59 Å². The summed E-state index contributed by atoms with van der Waals surface area (Å²) < 4.78 is 0.907. The number of nitrogens with one attached hydrogen (secondary N) is 1. The van der Waals surface area contributed by atoms with Gasteiger partial charge in [0.05, 0.1) is 11.4 Å². The van der Waals surface area contributed by atoms with Gasteiger partial charge in [0.2, 0.25) is 11.8 Å². The molecule has 0 spiro atoms. The molecule has 0 aromatic heterocycles. The van der Waals surface area contributed by atoms with Gasteiger partial charge in [0, 0.05) is 24.4 Å². The second-order valence-electron chi connectivity index (χ2n) is 5.92. The minimum Gasteiger partial charge on any atom is -0.324 e. The smallest absolute Gasteiger partial charge is 0.224 e. The Bertz CT molecular complexity index is 774. The van der Waals surface area contributed by atoms with E-state index >= 15 is 0 Å². The van der Waals surface area contributed by atoms with Crippen LogP contribution in [0.2, 0.25) is 0 Å². The topological polar surface area (TPSA) is 49.4 Å². The van der Waals surface area contributed by atoms with E-state index in [1.54, 1.807) is 11.8 Å². The first-order valence-corrected chi connectivity index (χ1v) is 8.78. The number of hydrogen-bond donors (Lipinski definition) is 1. The molecule has 2 amide bonds. The molecule has 0 aliphatic carbocycles. The maximum Gasteiger partial charge on any atom is 0.224 e. The molecule has 0 fully saturated rings. The summed E-state index contributed by atoms with van der Waals surface area (Å²) in [6, 6.07) is 13.8. The number of amides is 2. The molecule has 0 bridgehead atoms. The van der Waals surface area contributed by atoms with Crippen molar-refractivity contribution >= 4 is 39.1 Å². The zero-order chi connectivity index (χ0) is 17.1. The van der Waals surface area contributed by atoms with Crippen molar-refractivity contribution in [3.8, 4) is 0 Å². The van der Waals surface area contributed by atoms with Crippen molar-refractivity contribution in [2.45, 2.75) is 26.2 Å². The Morgan fingerprint density at radius 2 is 1.96 bits per heavy atom. The Morgan fingerprint density at radius 3 is 2.67 bits per heavy atom. The number of carbonyl (C=O) groups excluding carboxylic acids is 2. The Balaban J connectivity index is 1.75. The highest BCUT2D eigenvalue weighted by Gasteiger charge is 2.26. The molecule has 2 aromatic rings. The quantitative estimate of drug-likeness (QED) is 0.864. The maximum atomic E-state index is 12.3. The Labute approximate surface area is 150 Å². The molecule has 1 aliphatic heterocycles. The molecule has 4 nitrogen and oxygen atoms in total. The van der Waals surface area contributed by atoms with Gasteiger partial charge in [-0.2, -0.15) is 0 Å². The first-order valence-electron chi connectivity index (χ1n) is 7.99. The third-order valence-corrected chi connectivity index (χ3v) is 4.62. The molecule has 1 aliphatic rings. The van der Waals surface area contributed by atoms with Crippen LogP contribution in [0.3, 0.4) is 0 Å². The minimum absolute atomic E-state index is 0.00384. The number of hydrogen-bond acceptors (Lipinski definition) is 2. The number of rotatable bonds is 4. The molecule has 24 heavy (non-hydrogen) atoms. The van der Waals surface area contributed by atoms with Crippen LogP contribution < -0.4 is 10.2 Å². The fraction of sp³-hybridized carbons (Fsp3) is 0.263. The lowest BCUT2D eigenvalue weighted by Gasteiger charge is -2.19. The van der Waals surface area contributed by atoms with E-state index in [1.165, 1.54) is 0 Å². The number of halogens is 1. The third-order valence-electron chi connectivity index (χ3n) is 4.17. The first kappa shape index (κ1) is 16.7. The van der Waals surface area contributed by atoms with Crippen molar-refractivity contribution in [3.63, 3.8) is 0 Å². The van der Waals surface area contributed by atoms with Crippen LogP contribution in [0.15, 0.2) is 46.9 Å². The zero-order valence-corrected chi connectivity index (χ0v) is 15.1. The van der Waals surface area contributed by atoms with E-state index in [4.69, 9.17) is 0 Å². The van der Waals surface area contributed by atoms with Crippen molar-refractivity contribution in [1.29, 1.82) is 0 Å². The van der Waals surface area contributed by atoms with Gasteiger partial charge in [0.25, 0.3) is 0 Å². The van der Waals surface area contributed by atoms with Crippen LogP contribution >= 0.6 is 15.9 Å². The molecule has 1 heterocycles. The van der Waals surface area contributed by atoms with Crippen molar-refractivity contribution in [2.75, 3.05) is 16.8 Å². The minimum atomic E-state index is -0.0467. The van der Waals surface area contributed by atoms with E-state index in [2.05, 4.69) is 21.2 Å². The van der Waals surface area contributed by atoms with Crippen LogP contribution in [0.25, 0.3) is 0 Å². The van der Waals surface area contributed by atoms with E-state index < -0.39 is 0 Å². The summed E-state index contributed by atoms with van der Waals surface area (Å²) in [5.41, 5.74) is 3.75. The number of anilines is 2. The van der Waals surface area contributed by atoms with Crippen LogP contribution in [0.5, 0.6) is 0 Å². The van der Waals surface area contributed by atoms with Crippen LogP contribution in [0, 0.1) is 0 Å². The van der Waals surface area contributed by atoms with Crippen molar-refractivity contribution in [3.05, 3.63) is 58.1 Å². The summed E-state index contributed by atoms with van der Waals surface area (Å²) in [6.45, 7) is 2.21. The van der Waals surface area contributed by atoms with Crippen LogP contribution in [0.4, 0.5) is 11.4 Å². The molecule has 1 N–H and O–H groups in total. The van der Waals surface area contributed by atoms with Gasteiger partial charge in [0.15, 0.2) is 0 Å². The molecule has 0 atom stereocenters. The summed E-state index contributed by atoms with van der Waals surface area (Å²) in [5, 5.41) is 2.98. The molecule has 0 saturated carbocycles. The lowest BCUT2D eigenvalue weighted by atomic mass is 10.1. The van der Waals surface area contributed by atoms with Gasteiger partial charge in [-0.15, -0.1) is 0 Å². The molecule has 124 valence electrons. The standard InChI is InChI=1S/C19H19BrN2O2/c1-13(23)22-10-9-15-11-16(20)12-17(19(15)22)21-18(24)8-7-14-5-3-2-4-6-14/h2-6,11-12H,7-10H2,1H3,(H,21,24). The van der Waals surface area contributed by atoms with Gasteiger partial charge in [-0.3, -0.25) is 9.59 Å². The van der Waals surface area contributed by atoms with Crippen molar-refractivity contribution in [2.24, 2.45) is 0 Å². The summed E-state index contributed by atoms with van der Waals surface area (Å²) in [4.78, 5) is 25.9. The molecule has 0 unspecified atom stereocenters. The van der Waals surface area contributed by atoms with Gasteiger partial charge in [-0.05, 0) is 36.1 Å². The van der Waals surface area contributed by atoms with E-state index in [0.717, 1.165) is 27.7 Å². The number of fused-ring (bicyclic) bond motifs is 1. The predicted octanol–water partition coefficient (Wildman–Crippen LogP) is 3.93. The normalized spacial score (nSPS) is 12.8. The van der Waals surface area contributed by atoms with Gasteiger partial charge in [-0.1, -0.05) is 46.3 Å². The average Bonchev–Trinajstić information content (AvgIpc) is 2.98. The van der Waals surface area contributed by atoms with Crippen LogP contribution in [0.1, 0.15) is 24.5 Å². The second kappa shape index (κ2) is 7.18. The second-order valence-corrected chi connectivity index (χ2v) is 6.83. The van der Waals surface area contributed by atoms with Crippen molar-refractivity contribution in [1.82, 2.24) is 0 Å². The van der Waals surface area contributed by atoms with Gasteiger partial charge in [0.1, 0.15) is 0 Å². The Kier molecular flexibility index (Phi) is 5.00. The van der Waals surface area contributed by atoms with Crippen LogP contribution in [-0.4, -0.2) is 18.4 Å². The molecule has 2 aromatic carbocycles. The van der Waals surface area contributed by atoms with Gasteiger partial charge < -0.3 is 10.2 Å². The predicted molar refractivity (Wildman–Crippen MR) is 99.3 cm³/mol. The third kappa shape index (κ3) is 3.67. The highest BCUT2D eigenvalue weighted by molar-refractivity contribution is 9.10. The fourth-order valence-corrected chi connectivity index (χ4v) is 3.54. The SMILES string of the molecule is CC(=O)N1CCc2cc(Br)cc(NC(=O)CCc3ccccc3)c21. The Morgan fingerprint density at radius 1 is 1.21 bits per heavy atom. The summed E-state index contributed by atoms with van der Waals surface area (Å²) >= 11 is 3.48. The molecule has 0 saturated heterocycles. The molecule has 3 rings (SSSR count). The molecular formula is C19H19BrN2O2. The van der Waals surface area contributed by atoms with E-state index in [1.807, 2.05) is 42.5 Å². The lowest BCUT2D eigenvalue weighted by Crippen LogP contribution is -2.27. The number of carbonyl (C=O) groups is 2. The highest BCUT2D eigenvalue weighted by atomic mass is 79.9. The summed E-state index contributed by atoms with van der Waals surface area (Å²) in [7, 11) is 0. The zero-order valence-electron chi connectivity index (χ0n) is 13.5. The molecule has 0 radical (unpaired) electrons. The molecular weight excluding hydrogens is 368 g/mol. The molecule has 5 heteroatoms. The van der Waals surface area contributed by atoms with Gasteiger partial charge >= 0.3 is 0 Å². The monoisotopic (exact) mass is 386 g/mol. The average molecular weight is 387 g/mol. The lowest BCUT2D eigenvalue weighted by molar-refractivity contribution is -0.117. The summed E-state index contributed by atoms with van der Waals surface area (Å²) in [6.07, 6.45) is 1.91. The maximum absolute atomic E-state index is 12.3. The fourth-order valence-electron chi connectivity index (χ4n) is 3.03. The first-order chi connectivity index (χ1) is 11.5. The summed E-state index contributed by atoms with van der Waals surface area (Å²) in [5.74, 6) is -0.0505. The van der Waals surface area contributed by atoms with E-state index in [-0.39, 0.29) is 11.8 Å². The van der Waals surface area contributed by atoms with Crippen molar-refractivity contribution < 1.29 is 9.59 Å². The number of benzene rings is 2. The van der Waals surface area contributed by atoms with Gasteiger partial charge in [-0.25, -0.2) is 0 Å². The highest BCUT2D eigenvalue weighted by Crippen LogP contribution is 2.38. The largest absolute Gasteiger partial charge is 0.324 e. The van der Waals surface area contributed by atoms with Crippen LogP contribution in [-0.2, 0) is 22.4 Å².